The van der Waals surface area contributed by atoms with E-state index in [0.29, 0.717) is 0 Å². The molecule has 0 spiro atoms. The van der Waals surface area contributed by atoms with Crippen molar-refractivity contribution < 1.29 is 4.42 Å². The number of rotatable bonds is 0. The average molecular weight is 578 g/mol. The van der Waals surface area contributed by atoms with Crippen LogP contribution in [0.4, 0.5) is 0 Å². The smallest absolute Gasteiger partial charge is 0.190 e. The first-order valence-electron chi connectivity index (χ1n) is 12.0. The van der Waals surface area contributed by atoms with Crippen molar-refractivity contribution in [2.24, 2.45) is 9.98 Å². The van der Waals surface area contributed by atoms with Crippen LogP contribution < -0.4 is 0 Å². The van der Waals surface area contributed by atoms with Gasteiger partial charge in [0.05, 0.1) is 23.4 Å². The topological polar surface area (TPSA) is 128 Å². The third-order valence-corrected chi connectivity index (χ3v) is 4.70. The van der Waals surface area contributed by atoms with Crippen molar-refractivity contribution in [3.8, 4) is 0 Å². The van der Waals surface area contributed by atoms with Crippen LogP contribution in [0.25, 0.3) is 0 Å². The van der Waals surface area contributed by atoms with Gasteiger partial charge in [-0.15, -0.1) is 11.3 Å². The molecular weight excluding hydrogens is 534 g/mol. The van der Waals surface area contributed by atoms with E-state index in [-0.39, 0.29) is 14.9 Å². The lowest BCUT2D eigenvalue weighted by Crippen LogP contribution is -1.80. The minimum absolute atomic E-state index is 0. The third kappa shape index (κ3) is 24.3. The highest BCUT2D eigenvalue weighted by Gasteiger charge is 1.87. The maximum atomic E-state index is 4.72. The van der Waals surface area contributed by atoms with Gasteiger partial charge in [0.1, 0.15) is 17.9 Å². The molecule has 10 nitrogen and oxygen atoms in total. The molecule has 1 aliphatic heterocycles. The Balaban J connectivity index is 0. The second-order valence-corrected chi connectivity index (χ2v) is 8.51. The average Bonchev–Trinajstić information content (AvgIpc) is 3.73. The van der Waals surface area contributed by atoms with Crippen molar-refractivity contribution in [2.75, 3.05) is 6.54 Å². The summed E-state index contributed by atoms with van der Waals surface area (Å²) in [6.07, 6.45) is 17.1. The lowest BCUT2D eigenvalue weighted by molar-refractivity contribution is 0.521. The Morgan fingerprint density at radius 2 is 1.39 bits per heavy atom. The molecule has 41 heavy (non-hydrogen) atoms. The van der Waals surface area contributed by atoms with Crippen LogP contribution in [0.1, 0.15) is 49.9 Å². The number of pyridine rings is 1. The van der Waals surface area contributed by atoms with Gasteiger partial charge in [0.2, 0.25) is 0 Å². The zero-order valence-corrected chi connectivity index (χ0v) is 24.0. The molecule has 0 bridgehead atoms. The number of oxazole rings is 1. The number of thiazole rings is 1. The van der Waals surface area contributed by atoms with Crippen LogP contribution >= 0.6 is 11.3 Å². The van der Waals surface area contributed by atoms with Crippen molar-refractivity contribution in [3.05, 3.63) is 114 Å². The van der Waals surface area contributed by atoms with Crippen molar-refractivity contribution >= 4 is 23.4 Å². The Morgan fingerprint density at radius 3 is 1.61 bits per heavy atom. The van der Waals surface area contributed by atoms with Crippen LogP contribution in [-0.4, -0.2) is 53.5 Å². The molecule has 0 amide bonds. The molecule has 11 heteroatoms. The SMILES string of the molecule is C.C.CC1=NCC=N1.Cc1ccccn1.Cc1cnccn1.Cc1ncccn1.Cc1ncco1.Cc1nccs1. The van der Waals surface area contributed by atoms with Gasteiger partial charge in [0.15, 0.2) is 5.89 Å². The largest absolute Gasteiger partial charge is 0.449 e. The minimum atomic E-state index is 0. The lowest BCUT2D eigenvalue weighted by atomic mass is 10.4. The Hall–Kier alpha value is -4.51. The van der Waals surface area contributed by atoms with Gasteiger partial charge in [-0.2, -0.15) is 0 Å². The van der Waals surface area contributed by atoms with E-state index in [2.05, 4.69) is 44.9 Å². The molecule has 0 N–H and O–H groups in total. The molecule has 0 unspecified atom stereocenters. The molecule has 0 atom stereocenters. The molecule has 5 aromatic rings. The van der Waals surface area contributed by atoms with E-state index < -0.39 is 0 Å². The Bertz CT molecular complexity index is 1140. The van der Waals surface area contributed by atoms with Crippen molar-refractivity contribution in [2.45, 2.75) is 56.4 Å². The number of hydrogen-bond donors (Lipinski definition) is 0. The fraction of sp³-hybridized carbons (Fsp3) is 0.300. The van der Waals surface area contributed by atoms with Crippen molar-refractivity contribution in [1.82, 2.24) is 34.9 Å². The van der Waals surface area contributed by atoms with E-state index in [4.69, 9.17) is 4.42 Å². The Morgan fingerprint density at radius 1 is 0.683 bits per heavy atom. The summed E-state index contributed by atoms with van der Waals surface area (Å²) in [6.45, 7) is 12.2. The van der Waals surface area contributed by atoms with Gasteiger partial charge in [0.25, 0.3) is 0 Å². The van der Waals surface area contributed by atoms with Gasteiger partial charge >= 0.3 is 0 Å². The second-order valence-electron chi connectivity index (χ2n) is 7.42. The summed E-state index contributed by atoms with van der Waals surface area (Å²) in [6, 6.07) is 7.66. The van der Waals surface area contributed by atoms with Gasteiger partial charge in [0, 0.05) is 67.6 Å². The monoisotopic (exact) mass is 577 g/mol. The molecule has 0 radical (unpaired) electrons. The first kappa shape index (κ1) is 38.6. The van der Waals surface area contributed by atoms with E-state index in [1.165, 1.54) is 0 Å². The molecule has 5 aromatic heterocycles. The lowest BCUT2D eigenvalue weighted by Gasteiger charge is -1.82. The van der Waals surface area contributed by atoms with Gasteiger partial charge < -0.3 is 4.42 Å². The number of nitrogens with zero attached hydrogens (tertiary/aromatic N) is 9. The summed E-state index contributed by atoms with van der Waals surface area (Å²) in [7, 11) is 0. The molecule has 6 heterocycles. The van der Waals surface area contributed by atoms with Gasteiger partial charge in [-0.05, 0) is 52.8 Å². The van der Waals surface area contributed by atoms with E-state index in [1.54, 1.807) is 86.4 Å². The molecule has 6 rings (SSSR count). The predicted octanol–water partition coefficient (Wildman–Crippen LogP) is 7.16. The number of hydrogen-bond acceptors (Lipinski definition) is 11. The van der Waals surface area contributed by atoms with Crippen molar-refractivity contribution in [3.63, 3.8) is 0 Å². The van der Waals surface area contributed by atoms with Crippen LogP contribution in [0.5, 0.6) is 0 Å². The fourth-order valence-electron chi connectivity index (χ4n) is 2.17. The Kier molecular flexibility index (Phi) is 24.3. The fourth-order valence-corrected chi connectivity index (χ4v) is 2.61. The summed E-state index contributed by atoms with van der Waals surface area (Å²) in [4.78, 5) is 34.9. The highest BCUT2D eigenvalue weighted by Crippen LogP contribution is 1.98. The highest BCUT2D eigenvalue weighted by molar-refractivity contribution is 7.09. The predicted molar refractivity (Wildman–Crippen MR) is 171 cm³/mol. The first-order valence-corrected chi connectivity index (χ1v) is 12.8. The molecule has 220 valence electrons. The maximum absolute atomic E-state index is 4.72. The number of aromatic nitrogens is 7. The maximum Gasteiger partial charge on any atom is 0.190 e. The third-order valence-electron chi connectivity index (χ3n) is 3.99. The summed E-state index contributed by atoms with van der Waals surface area (Å²) in [5.41, 5.74) is 2.03. The first-order chi connectivity index (χ1) is 18.9. The van der Waals surface area contributed by atoms with Crippen molar-refractivity contribution in [1.29, 1.82) is 0 Å². The van der Waals surface area contributed by atoms with Crippen LogP contribution in [0.2, 0.25) is 0 Å². The Labute approximate surface area is 248 Å². The summed E-state index contributed by atoms with van der Waals surface area (Å²) < 4.78 is 4.72. The second kappa shape index (κ2) is 25.8. The van der Waals surface area contributed by atoms with Gasteiger partial charge in [-0.3, -0.25) is 24.9 Å². The molecular formula is C30H43N9OS. The molecule has 0 aliphatic carbocycles. The molecule has 1 aliphatic rings. The van der Waals surface area contributed by atoms with E-state index in [1.807, 2.05) is 58.2 Å². The zero-order chi connectivity index (χ0) is 28.6. The molecule has 0 saturated carbocycles. The number of aryl methyl sites for hydroxylation is 5. The molecule has 0 fully saturated rings. The van der Waals surface area contributed by atoms with E-state index in [9.17, 15) is 0 Å². The highest BCUT2D eigenvalue weighted by atomic mass is 32.1. The van der Waals surface area contributed by atoms with Crippen LogP contribution in [0, 0.1) is 34.6 Å². The van der Waals surface area contributed by atoms with Crippen LogP contribution in [0.3, 0.4) is 0 Å². The number of aliphatic imine (C=N–C) groups is 2. The zero-order valence-electron chi connectivity index (χ0n) is 23.2. The van der Waals surface area contributed by atoms with Gasteiger partial charge in [-0.1, -0.05) is 20.9 Å². The molecule has 0 saturated heterocycles. The van der Waals surface area contributed by atoms with Crippen LogP contribution in [-0.2, 0) is 0 Å². The molecule has 0 aromatic carbocycles. The quantitative estimate of drug-likeness (QED) is 0.190. The van der Waals surface area contributed by atoms with E-state index >= 15 is 0 Å². The summed E-state index contributed by atoms with van der Waals surface area (Å²) >= 11 is 1.67. The standard InChI is InChI=1S/C6H7N.2C5H6N2.C4H6N2.C4H5NO.C4H5NS.2CH4/c1-6-4-2-3-5-7-6;1-5-4-6-2-3-7-5;1-5-6-3-2-4-7-5;3*1-4-5-2-3-6-4;;/h2-5H,1H3;2*2-4H,1H3;2H,3H2,1H3;2*2-3H,1H3;2*1H4. The summed E-state index contributed by atoms with van der Waals surface area (Å²) in [5, 5.41) is 3.10. The normalized spacial score (nSPS) is 9.76. The van der Waals surface area contributed by atoms with Gasteiger partial charge in [-0.25, -0.2) is 19.9 Å². The summed E-state index contributed by atoms with van der Waals surface area (Å²) in [5.74, 6) is 2.44. The minimum Gasteiger partial charge on any atom is -0.449 e. The van der Waals surface area contributed by atoms with Crippen LogP contribution in [0.15, 0.2) is 99.9 Å². The van der Waals surface area contributed by atoms with E-state index in [0.717, 1.165) is 40.5 Å². The number of amidine groups is 1.